The monoisotopic (exact) mass is 175 g/mol. The molecular weight excluding hydrogens is 158 g/mol. The van der Waals surface area contributed by atoms with Crippen LogP contribution in [0, 0.1) is 5.92 Å². The molecule has 0 spiro atoms. The maximum atomic E-state index is 10.3. The van der Waals surface area contributed by atoms with Crippen LogP contribution in [0.25, 0.3) is 0 Å². The second-order valence-corrected chi connectivity index (χ2v) is 2.64. The Bertz CT molecular complexity index is 127. The number of aliphatic carboxylic acids is 1. The van der Waals surface area contributed by atoms with Crippen LogP contribution in [0.4, 0.5) is 0 Å². The molecule has 0 amide bonds. The first-order valence-corrected chi connectivity index (χ1v) is 4.19. The van der Waals surface area contributed by atoms with Crippen LogP contribution in [-0.4, -0.2) is 37.4 Å². The number of carboxylic acids is 1. The van der Waals surface area contributed by atoms with E-state index >= 15 is 0 Å². The average Bonchev–Trinajstić information content (AvgIpc) is 2.03. The molecule has 0 aliphatic heterocycles. The molecule has 0 aromatic heterocycles. The van der Waals surface area contributed by atoms with Crippen LogP contribution >= 0.6 is 0 Å². The van der Waals surface area contributed by atoms with Crippen molar-refractivity contribution < 1.29 is 14.6 Å². The zero-order chi connectivity index (χ0) is 9.40. The second kappa shape index (κ2) is 7.06. The molecule has 4 nitrogen and oxygen atoms in total. The zero-order valence-corrected chi connectivity index (χ0v) is 7.67. The van der Waals surface area contributed by atoms with Crippen molar-refractivity contribution >= 4 is 5.97 Å². The van der Waals surface area contributed by atoms with Crippen LogP contribution in [0.5, 0.6) is 0 Å². The van der Waals surface area contributed by atoms with Crippen LogP contribution < -0.4 is 5.32 Å². The number of rotatable bonds is 7. The molecule has 0 aromatic carbocycles. The van der Waals surface area contributed by atoms with E-state index in [1.165, 1.54) is 0 Å². The molecular formula is C8H17NO3. The summed E-state index contributed by atoms with van der Waals surface area (Å²) in [6.45, 7) is 6.17. The Kier molecular flexibility index (Phi) is 6.70. The van der Waals surface area contributed by atoms with E-state index in [9.17, 15) is 4.79 Å². The average molecular weight is 175 g/mol. The fourth-order valence-electron chi connectivity index (χ4n) is 0.695. The van der Waals surface area contributed by atoms with Gasteiger partial charge in [0.25, 0.3) is 0 Å². The van der Waals surface area contributed by atoms with Crippen molar-refractivity contribution in [2.24, 2.45) is 5.92 Å². The van der Waals surface area contributed by atoms with Gasteiger partial charge in [-0.15, -0.1) is 0 Å². The summed E-state index contributed by atoms with van der Waals surface area (Å²) in [5, 5.41) is 11.5. The van der Waals surface area contributed by atoms with E-state index in [-0.39, 0.29) is 5.92 Å². The third-order valence-electron chi connectivity index (χ3n) is 1.50. The third kappa shape index (κ3) is 6.12. The van der Waals surface area contributed by atoms with Gasteiger partial charge >= 0.3 is 5.97 Å². The molecule has 0 saturated heterocycles. The van der Waals surface area contributed by atoms with E-state index in [1.54, 1.807) is 6.92 Å². The van der Waals surface area contributed by atoms with Gasteiger partial charge in [0.1, 0.15) is 0 Å². The highest BCUT2D eigenvalue weighted by atomic mass is 16.5. The first kappa shape index (κ1) is 11.4. The molecule has 0 rings (SSSR count). The van der Waals surface area contributed by atoms with Crippen molar-refractivity contribution in [3.63, 3.8) is 0 Å². The fourth-order valence-corrected chi connectivity index (χ4v) is 0.695. The summed E-state index contributed by atoms with van der Waals surface area (Å²) in [6, 6.07) is 0. The van der Waals surface area contributed by atoms with Crippen molar-refractivity contribution in [3.05, 3.63) is 0 Å². The standard InChI is InChI=1S/C8H17NO3/c1-3-12-5-4-9-6-7(2)8(10)11/h7,9H,3-6H2,1-2H3,(H,10,11)/t7-/m0/s1. The number of ether oxygens (including phenoxy) is 1. The van der Waals surface area contributed by atoms with Gasteiger partial charge in [-0.05, 0) is 6.92 Å². The predicted molar refractivity (Wildman–Crippen MR) is 46.2 cm³/mol. The highest BCUT2D eigenvalue weighted by molar-refractivity contribution is 5.69. The largest absolute Gasteiger partial charge is 0.481 e. The number of hydrogen-bond acceptors (Lipinski definition) is 3. The van der Waals surface area contributed by atoms with Crippen molar-refractivity contribution in [2.75, 3.05) is 26.3 Å². The number of hydrogen-bond donors (Lipinski definition) is 2. The SMILES string of the molecule is CCOCCNC[C@H](C)C(=O)O. The molecule has 0 heterocycles. The molecule has 4 heteroatoms. The van der Waals surface area contributed by atoms with Crippen molar-refractivity contribution in [2.45, 2.75) is 13.8 Å². The molecule has 0 bridgehead atoms. The number of nitrogens with one attached hydrogen (secondary N) is 1. The molecule has 0 aromatic rings. The normalized spacial score (nSPS) is 12.8. The molecule has 0 fully saturated rings. The molecule has 0 unspecified atom stereocenters. The minimum atomic E-state index is -0.765. The summed E-state index contributed by atoms with van der Waals surface area (Å²) in [5.74, 6) is -1.09. The van der Waals surface area contributed by atoms with E-state index in [2.05, 4.69) is 5.32 Å². The van der Waals surface area contributed by atoms with Gasteiger partial charge in [-0.25, -0.2) is 0 Å². The molecule has 1 atom stereocenters. The Balaban J connectivity index is 3.14. The van der Waals surface area contributed by atoms with E-state index in [1.807, 2.05) is 6.92 Å². The van der Waals surface area contributed by atoms with Crippen LogP contribution in [0.2, 0.25) is 0 Å². The van der Waals surface area contributed by atoms with Gasteiger partial charge in [-0.2, -0.15) is 0 Å². The van der Waals surface area contributed by atoms with Crippen molar-refractivity contribution in [1.82, 2.24) is 5.32 Å². The molecule has 0 radical (unpaired) electrons. The van der Waals surface area contributed by atoms with E-state index in [4.69, 9.17) is 9.84 Å². The van der Waals surface area contributed by atoms with Crippen LogP contribution in [0.1, 0.15) is 13.8 Å². The molecule has 0 saturated carbocycles. The predicted octanol–water partition coefficient (Wildman–Crippen LogP) is 0.333. The molecule has 12 heavy (non-hydrogen) atoms. The van der Waals surface area contributed by atoms with Gasteiger partial charge in [-0.1, -0.05) is 6.92 Å². The highest BCUT2D eigenvalue weighted by Gasteiger charge is 2.08. The van der Waals surface area contributed by atoms with Crippen LogP contribution in [0.3, 0.4) is 0 Å². The fraction of sp³-hybridized carbons (Fsp3) is 0.875. The maximum absolute atomic E-state index is 10.3. The van der Waals surface area contributed by atoms with Crippen molar-refractivity contribution in [3.8, 4) is 0 Å². The molecule has 0 aliphatic carbocycles. The first-order valence-electron chi connectivity index (χ1n) is 4.19. The summed E-state index contributed by atoms with van der Waals surface area (Å²) < 4.78 is 5.07. The quantitative estimate of drug-likeness (QED) is 0.547. The van der Waals surface area contributed by atoms with E-state index < -0.39 is 5.97 Å². The number of carboxylic acid groups (broad SMARTS) is 1. The van der Waals surface area contributed by atoms with Gasteiger partial charge in [0, 0.05) is 19.7 Å². The van der Waals surface area contributed by atoms with Gasteiger partial charge in [0.05, 0.1) is 12.5 Å². The lowest BCUT2D eigenvalue weighted by Crippen LogP contribution is -2.28. The van der Waals surface area contributed by atoms with E-state index in [0.717, 1.165) is 0 Å². The summed E-state index contributed by atoms with van der Waals surface area (Å²) in [5.41, 5.74) is 0. The van der Waals surface area contributed by atoms with Crippen molar-refractivity contribution in [1.29, 1.82) is 0 Å². The topological polar surface area (TPSA) is 58.6 Å². The Morgan fingerprint density at radius 1 is 1.67 bits per heavy atom. The third-order valence-corrected chi connectivity index (χ3v) is 1.50. The Morgan fingerprint density at radius 2 is 2.33 bits per heavy atom. The second-order valence-electron chi connectivity index (χ2n) is 2.64. The maximum Gasteiger partial charge on any atom is 0.307 e. The Hall–Kier alpha value is -0.610. The first-order chi connectivity index (χ1) is 5.68. The lowest BCUT2D eigenvalue weighted by atomic mass is 10.2. The van der Waals surface area contributed by atoms with Gasteiger partial charge < -0.3 is 15.2 Å². The lowest BCUT2D eigenvalue weighted by molar-refractivity contribution is -0.140. The molecule has 0 aliphatic rings. The highest BCUT2D eigenvalue weighted by Crippen LogP contribution is 1.90. The summed E-state index contributed by atoms with van der Waals surface area (Å²) in [4.78, 5) is 10.3. The Labute approximate surface area is 72.9 Å². The van der Waals surface area contributed by atoms with Gasteiger partial charge in [0.2, 0.25) is 0 Å². The minimum Gasteiger partial charge on any atom is -0.481 e. The zero-order valence-electron chi connectivity index (χ0n) is 7.67. The molecule has 2 N–H and O–H groups in total. The summed E-state index contributed by atoms with van der Waals surface area (Å²) >= 11 is 0. The van der Waals surface area contributed by atoms with Crippen LogP contribution in [-0.2, 0) is 9.53 Å². The van der Waals surface area contributed by atoms with Gasteiger partial charge in [0.15, 0.2) is 0 Å². The lowest BCUT2D eigenvalue weighted by Gasteiger charge is -2.07. The number of carbonyl (C=O) groups is 1. The van der Waals surface area contributed by atoms with E-state index in [0.29, 0.717) is 26.3 Å². The van der Waals surface area contributed by atoms with Gasteiger partial charge in [-0.3, -0.25) is 4.79 Å². The Morgan fingerprint density at radius 3 is 2.83 bits per heavy atom. The smallest absolute Gasteiger partial charge is 0.307 e. The minimum absolute atomic E-state index is 0.327. The molecule has 72 valence electrons. The summed E-state index contributed by atoms with van der Waals surface area (Å²) in [6.07, 6.45) is 0. The van der Waals surface area contributed by atoms with Crippen LogP contribution in [0.15, 0.2) is 0 Å². The summed E-state index contributed by atoms with van der Waals surface area (Å²) in [7, 11) is 0.